The summed E-state index contributed by atoms with van der Waals surface area (Å²) >= 11 is 0. The maximum Gasteiger partial charge on any atom is 0.412 e. The zero-order chi connectivity index (χ0) is 26.3. The number of nitrogens with one attached hydrogen (secondary N) is 2. The first-order chi connectivity index (χ1) is 17.1. The summed E-state index contributed by atoms with van der Waals surface area (Å²) in [5.74, 6) is -2.08. The molecule has 1 aliphatic heterocycles. The van der Waals surface area contributed by atoms with Crippen LogP contribution in [0.3, 0.4) is 0 Å². The topological polar surface area (TPSA) is 108 Å². The second-order valence-electron chi connectivity index (χ2n) is 9.66. The average Bonchev–Trinajstić information content (AvgIpc) is 3.23. The summed E-state index contributed by atoms with van der Waals surface area (Å²) in [6.45, 7) is 5.83. The number of aliphatic carboxylic acids is 1. The van der Waals surface area contributed by atoms with Crippen molar-refractivity contribution in [2.75, 3.05) is 36.9 Å². The first kappa shape index (κ1) is 26.9. The molecule has 0 radical (unpaired) electrons. The Balaban J connectivity index is 1.63. The molecule has 1 heterocycles. The fraction of sp³-hybridized carbons (Fsp3) is 0.370. The number of likely N-dealkylation sites (tertiary alicyclic amines) is 1. The molecule has 2 aromatic rings. The molecule has 0 bridgehead atoms. The zero-order valence-corrected chi connectivity index (χ0v) is 20.7. The highest BCUT2D eigenvalue weighted by molar-refractivity contribution is 6.05. The van der Waals surface area contributed by atoms with Gasteiger partial charge in [-0.05, 0) is 50.1 Å². The minimum atomic E-state index is -0.886. The van der Waals surface area contributed by atoms with Crippen LogP contribution in [0, 0.1) is 5.92 Å². The number of hydrogen-bond acceptors (Lipinski definition) is 5. The Hall–Kier alpha value is -3.72. The SMILES string of the molecule is CC(C)(C)OC(=O)Nc1ccccc1NC(=O)/C=C/c1ccc([C@H]2CN(CCF)C[C@@H]2C(=O)O)cc1. The lowest BCUT2D eigenvalue weighted by Crippen LogP contribution is -2.27. The third-order valence-corrected chi connectivity index (χ3v) is 5.73. The molecule has 0 spiro atoms. The fourth-order valence-corrected chi connectivity index (χ4v) is 4.09. The van der Waals surface area contributed by atoms with E-state index in [1.54, 1.807) is 51.1 Å². The molecule has 1 fully saturated rings. The molecule has 2 atom stereocenters. The smallest absolute Gasteiger partial charge is 0.412 e. The van der Waals surface area contributed by atoms with E-state index in [1.165, 1.54) is 6.08 Å². The van der Waals surface area contributed by atoms with E-state index in [9.17, 15) is 23.9 Å². The van der Waals surface area contributed by atoms with Crippen molar-refractivity contribution in [2.24, 2.45) is 5.92 Å². The van der Waals surface area contributed by atoms with Crippen molar-refractivity contribution in [2.45, 2.75) is 32.3 Å². The molecular formula is C27H32FN3O5. The number of hydrogen-bond donors (Lipinski definition) is 3. The lowest BCUT2D eigenvalue weighted by Gasteiger charge is -2.20. The van der Waals surface area contributed by atoms with Crippen LogP contribution in [0.15, 0.2) is 54.6 Å². The van der Waals surface area contributed by atoms with Crippen LogP contribution in [0.1, 0.15) is 37.8 Å². The maximum atomic E-state index is 12.7. The summed E-state index contributed by atoms with van der Waals surface area (Å²) in [5.41, 5.74) is 1.81. The predicted octanol–water partition coefficient (Wildman–Crippen LogP) is 4.76. The summed E-state index contributed by atoms with van der Waals surface area (Å²) < 4.78 is 18.0. The Morgan fingerprint density at radius 1 is 1.06 bits per heavy atom. The number of carbonyl (C=O) groups is 3. The maximum absolute atomic E-state index is 12.7. The average molecular weight is 498 g/mol. The van der Waals surface area contributed by atoms with Gasteiger partial charge in [-0.15, -0.1) is 0 Å². The number of nitrogens with zero attached hydrogens (tertiary/aromatic N) is 1. The van der Waals surface area contributed by atoms with Gasteiger partial charge in [0.05, 0.1) is 17.3 Å². The van der Waals surface area contributed by atoms with Gasteiger partial charge in [-0.2, -0.15) is 0 Å². The van der Waals surface area contributed by atoms with E-state index in [4.69, 9.17) is 4.74 Å². The van der Waals surface area contributed by atoms with E-state index >= 15 is 0 Å². The van der Waals surface area contributed by atoms with Gasteiger partial charge in [-0.3, -0.25) is 19.8 Å². The first-order valence-corrected chi connectivity index (χ1v) is 11.7. The number of carboxylic acids is 1. The molecule has 0 unspecified atom stereocenters. The van der Waals surface area contributed by atoms with Gasteiger partial charge in [0, 0.05) is 31.6 Å². The number of anilines is 2. The molecule has 192 valence electrons. The third-order valence-electron chi connectivity index (χ3n) is 5.73. The van der Waals surface area contributed by atoms with Gasteiger partial charge in [0.1, 0.15) is 12.3 Å². The van der Waals surface area contributed by atoms with Crippen molar-refractivity contribution in [1.29, 1.82) is 0 Å². The first-order valence-electron chi connectivity index (χ1n) is 11.7. The van der Waals surface area contributed by atoms with Gasteiger partial charge in [-0.1, -0.05) is 36.4 Å². The molecular weight excluding hydrogens is 465 g/mol. The fourth-order valence-electron chi connectivity index (χ4n) is 4.09. The number of amides is 2. The molecule has 0 aromatic heterocycles. The Morgan fingerprint density at radius 2 is 1.69 bits per heavy atom. The van der Waals surface area contributed by atoms with Gasteiger partial charge in [0.2, 0.25) is 5.91 Å². The minimum absolute atomic E-state index is 0.218. The van der Waals surface area contributed by atoms with Crippen LogP contribution in [0.4, 0.5) is 20.6 Å². The van der Waals surface area contributed by atoms with E-state index in [0.29, 0.717) is 24.5 Å². The van der Waals surface area contributed by atoms with Gasteiger partial charge in [0.15, 0.2) is 0 Å². The molecule has 8 nitrogen and oxygen atoms in total. The van der Waals surface area contributed by atoms with Gasteiger partial charge >= 0.3 is 12.1 Å². The predicted molar refractivity (Wildman–Crippen MR) is 137 cm³/mol. The highest BCUT2D eigenvalue weighted by Crippen LogP contribution is 2.33. The van der Waals surface area contributed by atoms with Crippen molar-refractivity contribution >= 4 is 35.4 Å². The number of rotatable bonds is 8. The Morgan fingerprint density at radius 3 is 2.28 bits per heavy atom. The van der Waals surface area contributed by atoms with E-state index in [2.05, 4.69) is 10.6 Å². The second-order valence-corrected chi connectivity index (χ2v) is 9.66. The standard InChI is InChI=1S/C27H32FN3O5/c1-27(2,3)36-26(35)30-23-7-5-4-6-22(23)29-24(32)13-10-18-8-11-19(12-9-18)20-16-31(15-14-28)17-21(20)25(33)34/h4-13,20-21H,14-17H2,1-3H3,(H,29,32)(H,30,35)(H,33,34)/b13-10+/t20-,21+/m1/s1. The van der Waals surface area contributed by atoms with Crippen LogP contribution in [-0.2, 0) is 14.3 Å². The molecule has 2 amide bonds. The summed E-state index contributed by atoms with van der Waals surface area (Å²) in [6, 6.07) is 14.1. The molecule has 1 saturated heterocycles. The van der Waals surface area contributed by atoms with Crippen molar-refractivity contribution in [3.8, 4) is 0 Å². The van der Waals surface area contributed by atoms with Crippen LogP contribution in [-0.4, -0.2) is 59.9 Å². The van der Waals surface area contributed by atoms with Crippen LogP contribution < -0.4 is 10.6 Å². The number of ether oxygens (including phenoxy) is 1. The number of halogens is 1. The Bertz CT molecular complexity index is 1110. The number of para-hydroxylation sites is 2. The third kappa shape index (κ3) is 7.64. The summed E-state index contributed by atoms with van der Waals surface area (Å²) in [5, 5.41) is 14.9. The van der Waals surface area contributed by atoms with E-state index < -0.39 is 30.3 Å². The van der Waals surface area contributed by atoms with E-state index in [-0.39, 0.29) is 18.4 Å². The zero-order valence-electron chi connectivity index (χ0n) is 20.7. The second kappa shape index (κ2) is 11.8. The minimum Gasteiger partial charge on any atom is -0.481 e. The lowest BCUT2D eigenvalue weighted by atomic mass is 9.88. The molecule has 9 heteroatoms. The molecule has 0 aliphatic carbocycles. The van der Waals surface area contributed by atoms with Gasteiger partial charge in [-0.25, -0.2) is 9.18 Å². The Kier molecular flexibility index (Phi) is 8.82. The quantitative estimate of drug-likeness (QED) is 0.454. The molecule has 3 rings (SSSR count). The lowest BCUT2D eigenvalue weighted by molar-refractivity contribution is -0.141. The number of carbonyl (C=O) groups excluding carboxylic acids is 2. The number of carboxylic acid groups (broad SMARTS) is 1. The van der Waals surface area contributed by atoms with E-state index in [1.807, 2.05) is 29.2 Å². The molecule has 0 saturated carbocycles. The van der Waals surface area contributed by atoms with Crippen molar-refractivity contribution in [3.63, 3.8) is 0 Å². The summed E-state index contributed by atoms with van der Waals surface area (Å²) in [6.07, 6.45) is 2.39. The van der Waals surface area contributed by atoms with Crippen LogP contribution >= 0.6 is 0 Å². The number of alkyl halides is 1. The van der Waals surface area contributed by atoms with Crippen LogP contribution in [0.2, 0.25) is 0 Å². The van der Waals surface area contributed by atoms with E-state index in [0.717, 1.165) is 11.1 Å². The van der Waals surface area contributed by atoms with Crippen molar-refractivity contribution in [3.05, 3.63) is 65.7 Å². The summed E-state index contributed by atoms with van der Waals surface area (Å²) in [4.78, 5) is 38.1. The van der Waals surface area contributed by atoms with Crippen LogP contribution in [0.25, 0.3) is 6.08 Å². The monoisotopic (exact) mass is 497 g/mol. The summed E-state index contributed by atoms with van der Waals surface area (Å²) in [7, 11) is 0. The highest BCUT2D eigenvalue weighted by Gasteiger charge is 2.38. The number of benzene rings is 2. The van der Waals surface area contributed by atoms with Crippen LogP contribution in [0.5, 0.6) is 0 Å². The normalized spacial score (nSPS) is 18.2. The molecule has 3 N–H and O–H groups in total. The molecule has 1 aliphatic rings. The van der Waals surface area contributed by atoms with Crippen molar-refractivity contribution in [1.82, 2.24) is 4.90 Å². The highest BCUT2D eigenvalue weighted by atomic mass is 19.1. The molecule has 36 heavy (non-hydrogen) atoms. The Labute approximate surface area is 210 Å². The van der Waals surface area contributed by atoms with Crippen molar-refractivity contribution < 1.29 is 28.6 Å². The largest absolute Gasteiger partial charge is 0.481 e. The molecule has 2 aromatic carbocycles. The van der Waals surface area contributed by atoms with Gasteiger partial charge < -0.3 is 15.2 Å². The van der Waals surface area contributed by atoms with Gasteiger partial charge in [0.25, 0.3) is 0 Å².